The average molecular weight is 451 g/mol. The minimum absolute atomic E-state index is 0.0746. The summed E-state index contributed by atoms with van der Waals surface area (Å²) in [5.74, 6) is 1.26. The fraction of sp³-hybridized carbons (Fsp3) is 0.346. The molecular weight excluding hydrogens is 427 g/mol. The number of nitrogens with zero attached hydrogens (tertiary/aromatic N) is 2. The van der Waals surface area contributed by atoms with Crippen LogP contribution in [0.2, 0.25) is 10.0 Å². The Hall–Kier alpha value is -2.23. The molecule has 3 nitrogen and oxygen atoms in total. The Balaban J connectivity index is 1.43. The van der Waals surface area contributed by atoms with E-state index in [0.29, 0.717) is 16.0 Å². The van der Waals surface area contributed by atoms with E-state index in [9.17, 15) is 0 Å². The van der Waals surface area contributed by atoms with Crippen molar-refractivity contribution in [3.63, 3.8) is 0 Å². The Kier molecular flexibility index (Phi) is 4.85. The van der Waals surface area contributed by atoms with Crippen LogP contribution in [-0.4, -0.2) is 16.9 Å². The van der Waals surface area contributed by atoms with E-state index in [1.165, 1.54) is 48.4 Å². The second-order valence-corrected chi connectivity index (χ2v) is 9.76. The van der Waals surface area contributed by atoms with Crippen molar-refractivity contribution < 1.29 is 4.74 Å². The summed E-state index contributed by atoms with van der Waals surface area (Å²) < 4.78 is 6.55. The first-order valence-electron chi connectivity index (χ1n) is 11.2. The van der Waals surface area contributed by atoms with Gasteiger partial charge in [0.2, 0.25) is 0 Å². The van der Waals surface area contributed by atoms with E-state index in [4.69, 9.17) is 33.0 Å². The standard InChI is InChI=1S/C26H24Cl2N2O/c27-20-13-21-24-15-23(19-11-10-16-6-4-5-9-18(16)12-19)29-30(24)26(17-7-2-1-3-8-17)31-25(21)22(28)14-20/h4-6,9-14,17,24,26H,1-3,7-8,15H2/t24-,26-/m0/s1. The molecule has 0 spiro atoms. The van der Waals surface area contributed by atoms with E-state index in [2.05, 4.69) is 47.5 Å². The maximum Gasteiger partial charge on any atom is 0.190 e. The van der Waals surface area contributed by atoms with Crippen LogP contribution in [0.4, 0.5) is 0 Å². The van der Waals surface area contributed by atoms with Crippen molar-refractivity contribution >= 4 is 39.7 Å². The van der Waals surface area contributed by atoms with E-state index < -0.39 is 0 Å². The molecule has 1 fully saturated rings. The molecule has 1 aliphatic carbocycles. The molecule has 3 aromatic carbocycles. The predicted octanol–water partition coefficient (Wildman–Crippen LogP) is 7.60. The quantitative estimate of drug-likeness (QED) is 0.401. The number of hydrogen-bond donors (Lipinski definition) is 0. The van der Waals surface area contributed by atoms with Gasteiger partial charge in [-0.05, 0) is 47.4 Å². The molecule has 0 unspecified atom stereocenters. The molecule has 0 saturated heterocycles. The van der Waals surface area contributed by atoms with Crippen LogP contribution in [0.5, 0.6) is 5.75 Å². The van der Waals surface area contributed by atoms with E-state index in [1.54, 1.807) is 6.07 Å². The number of hydrazone groups is 1. The van der Waals surface area contributed by atoms with Gasteiger partial charge in [0.25, 0.3) is 0 Å². The van der Waals surface area contributed by atoms with Crippen molar-refractivity contribution in [2.45, 2.75) is 50.8 Å². The zero-order valence-corrected chi connectivity index (χ0v) is 18.7. The Bertz CT molecular complexity index is 1190. The summed E-state index contributed by atoms with van der Waals surface area (Å²) >= 11 is 13.0. The predicted molar refractivity (Wildman–Crippen MR) is 127 cm³/mol. The number of benzene rings is 3. The van der Waals surface area contributed by atoms with Crippen molar-refractivity contribution in [1.82, 2.24) is 5.01 Å². The van der Waals surface area contributed by atoms with Crippen molar-refractivity contribution in [3.8, 4) is 5.75 Å². The normalized spacial score (nSPS) is 23.3. The van der Waals surface area contributed by atoms with E-state index in [0.717, 1.165) is 23.4 Å². The Morgan fingerprint density at radius 2 is 1.71 bits per heavy atom. The van der Waals surface area contributed by atoms with Crippen LogP contribution < -0.4 is 4.74 Å². The molecule has 2 heterocycles. The summed E-state index contributed by atoms with van der Waals surface area (Å²) in [5, 5.41) is 11.1. The van der Waals surface area contributed by atoms with Gasteiger partial charge in [-0.1, -0.05) is 78.9 Å². The van der Waals surface area contributed by atoms with Gasteiger partial charge in [0, 0.05) is 22.9 Å². The number of fused-ring (bicyclic) bond motifs is 4. The van der Waals surface area contributed by atoms with Gasteiger partial charge in [0.1, 0.15) is 5.75 Å². The van der Waals surface area contributed by atoms with Crippen molar-refractivity contribution in [3.05, 3.63) is 75.8 Å². The molecule has 0 bridgehead atoms. The Morgan fingerprint density at radius 1 is 0.903 bits per heavy atom. The molecule has 1 saturated carbocycles. The first kappa shape index (κ1) is 19.5. The summed E-state index contributed by atoms with van der Waals surface area (Å²) in [6, 6.07) is 19.0. The van der Waals surface area contributed by atoms with E-state index in [1.807, 2.05) is 6.07 Å². The zero-order chi connectivity index (χ0) is 20.9. The first-order valence-corrected chi connectivity index (χ1v) is 11.9. The van der Waals surface area contributed by atoms with Gasteiger partial charge in [0.15, 0.2) is 6.23 Å². The highest BCUT2D eigenvalue weighted by atomic mass is 35.5. The van der Waals surface area contributed by atoms with Gasteiger partial charge < -0.3 is 4.74 Å². The summed E-state index contributed by atoms with van der Waals surface area (Å²) in [5.41, 5.74) is 3.32. The smallest absolute Gasteiger partial charge is 0.190 e. The van der Waals surface area contributed by atoms with Crippen molar-refractivity contribution in [2.75, 3.05) is 0 Å². The van der Waals surface area contributed by atoms with Crippen molar-refractivity contribution in [2.24, 2.45) is 11.0 Å². The highest BCUT2D eigenvalue weighted by molar-refractivity contribution is 6.35. The molecule has 0 aromatic heterocycles. The van der Waals surface area contributed by atoms with Crippen LogP contribution in [0.1, 0.15) is 55.7 Å². The maximum absolute atomic E-state index is 6.60. The Morgan fingerprint density at radius 3 is 2.55 bits per heavy atom. The molecular formula is C26H24Cl2N2O. The average Bonchev–Trinajstić information content (AvgIpc) is 3.25. The monoisotopic (exact) mass is 450 g/mol. The van der Waals surface area contributed by atoms with Crippen LogP contribution in [0.3, 0.4) is 0 Å². The van der Waals surface area contributed by atoms with Crippen LogP contribution in [-0.2, 0) is 0 Å². The molecule has 158 valence electrons. The highest BCUT2D eigenvalue weighted by Gasteiger charge is 2.44. The molecule has 6 rings (SSSR count). The number of halogens is 2. The largest absolute Gasteiger partial charge is 0.467 e. The molecule has 0 radical (unpaired) electrons. The van der Waals surface area contributed by atoms with Gasteiger partial charge in [-0.25, -0.2) is 5.01 Å². The van der Waals surface area contributed by atoms with E-state index in [-0.39, 0.29) is 12.3 Å². The summed E-state index contributed by atoms with van der Waals surface area (Å²) in [4.78, 5) is 0. The minimum Gasteiger partial charge on any atom is -0.467 e. The third-order valence-electron chi connectivity index (χ3n) is 6.97. The zero-order valence-electron chi connectivity index (χ0n) is 17.2. The lowest BCUT2D eigenvalue weighted by Crippen LogP contribution is -2.46. The van der Waals surface area contributed by atoms with Crippen molar-refractivity contribution in [1.29, 1.82) is 0 Å². The first-order chi connectivity index (χ1) is 15.2. The SMILES string of the molecule is Clc1cc(Cl)c2c(c1)[C@@H]1CC(c3ccc4ccccc4c3)=NN1[C@H](C1CCCCC1)O2. The second kappa shape index (κ2) is 7.72. The maximum atomic E-state index is 6.60. The lowest BCUT2D eigenvalue weighted by Gasteiger charge is -2.43. The lowest BCUT2D eigenvalue weighted by atomic mass is 9.86. The van der Waals surface area contributed by atoms with Gasteiger partial charge in [-0.3, -0.25) is 0 Å². The second-order valence-electron chi connectivity index (χ2n) is 8.92. The lowest BCUT2D eigenvalue weighted by molar-refractivity contribution is -0.0642. The molecule has 3 aromatic rings. The van der Waals surface area contributed by atoms with Gasteiger partial charge in [-0.15, -0.1) is 0 Å². The van der Waals surface area contributed by atoms with Gasteiger partial charge in [0.05, 0.1) is 16.8 Å². The molecule has 31 heavy (non-hydrogen) atoms. The molecule has 0 amide bonds. The number of hydrogen-bond acceptors (Lipinski definition) is 3. The molecule has 2 atom stereocenters. The number of ether oxygens (including phenoxy) is 1. The summed E-state index contributed by atoms with van der Waals surface area (Å²) in [6.07, 6.45) is 6.93. The molecule has 2 aliphatic heterocycles. The van der Waals surface area contributed by atoms with Crippen LogP contribution in [0.25, 0.3) is 10.8 Å². The summed E-state index contributed by atoms with van der Waals surface area (Å²) in [7, 11) is 0. The molecule has 5 heteroatoms. The van der Waals surface area contributed by atoms with Crippen LogP contribution in [0, 0.1) is 5.92 Å². The number of rotatable bonds is 2. The third kappa shape index (κ3) is 3.39. The Labute approximate surface area is 192 Å². The van der Waals surface area contributed by atoms with E-state index >= 15 is 0 Å². The fourth-order valence-electron chi connectivity index (χ4n) is 5.42. The van der Waals surface area contributed by atoms with Crippen LogP contribution in [0.15, 0.2) is 59.7 Å². The summed E-state index contributed by atoms with van der Waals surface area (Å²) in [6.45, 7) is 0. The van der Waals surface area contributed by atoms with Gasteiger partial charge in [-0.2, -0.15) is 5.10 Å². The highest BCUT2D eigenvalue weighted by Crippen LogP contribution is 2.49. The third-order valence-corrected chi connectivity index (χ3v) is 7.47. The molecule has 0 N–H and O–H groups in total. The molecule has 3 aliphatic rings. The van der Waals surface area contributed by atoms with Crippen LogP contribution >= 0.6 is 23.2 Å². The topological polar surface area (TPSA) is 24.8 Å². The van der Waals surface area contributed by atoms with Gasteiger partial charge >= 0.3 is 0 Å². The minimum atomic E-state index is -0.0746. The fourth-order valence-corrected chi connectivity index (χ4v) is 5.97.